The normalized spacial score (nSPS) is 12.4. The highest BCUT2D eigenvalue weighted by Gasteiger charge is 1.94. The third kappa shape index (κ3) is 4.73. The summed E-state index contributed by atoms with van der Waals surface area (Å²) in [4.78, 5) is 1.76. The molecule has 0 atom stereocenters. The fraction of sp³-hybridized carbons (Fsp3) is 0.429. The molecule has 0 rings (SSSR count). The van der Waals surface area contributed by atoms with Crippen LogP contribution < -0.4 is 0 Å². The van der Waals surface area contributed by atoms with Crippen molar-refractivity contribution in [3.05, 3.63) is 23.2 Å². The summed E-state index contributed by atoms with van der Waals surface area (Å²) in [5.74, 6) is 0. The second kappa shape index (κ2) is 6.99. The van der Waals surface area contributed by atoms with E-state index in [0.717, 1.165) is 0 Å². The van der Waals surface area contributed by atoms with E-state index in [4.69, 9.17) is 9.47 Å². The molecule has 0 heterocycles. The standard InChI is InChI=1S/C7H11BrO2/c1-9-7(10-2)5-3-4-6-8/h3-7H,1-2H3/b5-3+,6-4+. The number of methoxy groups -OCH3 is 2. The van der Waals surface area contributed by atoms with Crippen molar-refractivity contribution in [3.63, 3.8) is 0 Å². The van der Waals surface area contributed by atoms with E-state index in [9.17, 15) is 0 Å². The first-order chi connectivity index (χ1) is 4.85. The second-order valence-corrected chi connectivity index (χ2v) is 2.07. The van der Waals surface area contributed by atoms with Crippen molar-refractivity contribution in [2.24, 2.45) is 0 Å². The minimum atomic E-state index is -0.247. The first kappa shape index (κ1) is 9.88. The first-order valence-electron chi connectivity index (χ1n) is 2.84. The molecular weight excluding hydrogens is 196 g/mol. The van der Waals surface area contributed by atoms with Gasteiger partial charge in [-0.1, -0.05) is 28.1 Å². The van der Waals surface area contributed by atoms with Gasteiger partial charge in [0.25, 0.3) is 0 Å². The molecular formula is C7H11BrO2. The molecule has 0 aliphatic heterocycles. The molecule has 0 aliphatic carbocycles. The highest BCUT2D eigenvalue weighted by molar-refractivity contribution is 9.11. The van der Waals surface area contributed by atoms with Gasteiger partial charge in [-0.05, 0) is 11.1 Å². The van der Waals surface area contributed by atoms with Gasteiger partial charge in [0, 0.05) is 14.2 Å². The highest BCUT2D eigenvalue weighted by Crippen LogP contribution is 1.93. The molecule has 0 radical (unpaired) electrons. The maximum absolute atomic E-state index is 4.89. The van der Waals surface area contributed by atoms with Crippen LogP contribution in [0.15, 0.2) is 23.2 Å². The second-order valence-electron chi connectivity index (χ2n) is 1.54. The molecule has 58 valence electrons. The van der Waals surface area contributed by atoms with Crippen LogP contribution >= 0.6 is 15.9 Å². The minimum Gasteiger partial charge on any atom is -0.352 e. The van der Waals surface area contributed by atoms with E-state index >= 15 is 0 Å². The summed E-state index contributed by atoms with van der Waals surface area (Å²) in [6.07, 6.45) is 5.23. The zero-order chi connectivity index (χ0) is 7.82. The van der Waals surface area contributed by atoms with Crippen molar-refractivity contribution < 1.29 is 9.47 Å². The monoisotopic (exact) mass is 206 g/mol. The molecule has 0 fully saturated rings. The molecule has 0 aromatic heterocycles. The van der Waals surface area contributed by atoms with E-state index in [1.165, 1.54) is 0 Å². The van der Waals surface area contributed by atoms with Crippen LogP contribution in [0.25, 0.3) is 0 Å². The molecule has 0 amide bonds. The average Bonchev–Trinajstić information content (AvgIpc) is 1.99. The van der Waals surface area contributed by atoms with Crippen molar-refractivity contribution in [3.8, 4) is 0 Å². The number of halogens is 1. The van der Waals surface area contributed by atoms with Crippen LogP contribution in [0.4, 0.5) is 0 Å². The van der Waals surface area contributed by atoms with Crippen molar-refractivity contribution in [2.45, 2.75) is 6.29 Å². The number of allylic oxidation sites excluding steroid dienone is 2. The third-order valence-corrected chi connectivity index (χ3v) is 1.22. The summed E-state index contributed by atoms with van der Waals surface area (Å²) >= 11 is 3.13. The van der Waals surface area contributed by atoms with Crippen molar-refractivity contribution in [1.82, 2.24) is 0 Å². The predicted molar refractivity (Wildman–Crippen MR) is 45.0 cm³/mol. The first-order valence-corrected chi connectivity index (χ1v) is 3.76. The van der Waals surface area contributed by atoms with E-state index < -0.39 is 0 Å². The Balaban J connectivity index is 3.60. The Morgan fingerprint density at radius 3 is 2.20 bits per heavy atom. The molecule has 0 unspecified atom stereocenters. The summed E-state index contributed by atoms with van der Waals surface area (Å²) in [5.41, 5.74) is 0. The van der Waals surface area contributed by atoms with Gasteiger partial charge >= 0.3 is 0 Å². The number of ether oxygens (including phenoxy) is 2. The quantitative estimate of drug-likeness (QED) is 0.519. The third-order valence-electron chi connectivity index (χ3n) is 0.917. The molecule has 0 bridgehead atoms. The van der Waals surface area contributed by atoms with E-state index in [0.29, 0.717) is 0 Å². The van der Waals surface area contributed by atoms with Gasteiger partial charge in [-0.3, -0.25) is 0 Å². The lowest BCUT2D eigenvalue weighted by Gasteiger charge is -2.05. The van der Waals surface area contributed by atoms with Gasteiger partial charge in [-0.15, -0.1) is 0 Å². The molecule has 10 heavy (non-hydrogen) atoms. The van der Waals surface area contributed by atoms with E-state index in [-0.39, 0.29) is 6.29 Å². The Labute approximate surface area is 69.6 Å². The summed E-state index contributed by atoms with van der Waals surface area (Å²) in [6.45, 7) is 0. The maximum Gasteiger partial charge on any atom is 0.176 e. The van der Waals surface area contributed by atoms with Crippen LogP contribution in [-0.4, -0.2) is 20.5 Å². The van der Waals surface area contributed by atoms with E-state index in [1.54, 1.807) is 25.3 Å². The summed E-state index contributed by atoms with van der Waals surface area (Å²) in [7, 11) is 3.19. The maximum atomic E-state index is 4.89. The smallest absolute Gasteiger partial charge is 0.176 e. The van der Waals surface area contributed by atoms with Crippen LogP contribution in [0.2, 0.25) is 0 Å². The van der Waals surface area contributed by atoms with Gasteiger partial charge in [-0.25, -0.2) is 0 Å². The van der Waals surface area contributed by atoms with Gasteiger partial charge in [0.2, 0.25) is 0 Å². The lowest BCUT2D eigenvalue weighted by atomic mass is 10.5. The largest absolute Gasteiger partial charge is 0.352 e. The Kier molecular flexibility index (Phi) is 6.91. The molecule has 3 heteroatoms. The molecule has 2 nitrogen and oxygen atoms in total. The SMILES string of the molecule is COC(/C=C/C=C/Br)OC. The molecule has 0 saturated heterocycles. The Hall–Kier alpha value is -0.120. The molecule has 0 aromatic rings. The van der Waals surface area contributed by atoms with Gasteiger partial charge in [-0.2, -0.15) is 0 Å². The van der Waals surface area contributed by atoms with Crippen LogP contribution in [0.1, 0.15) is 0 Å². The van der Waals surface area contributed by atoms with Gasteiger partial charge in [0.15, 0.2) is 6.29 Å². The predicted octanol–water partition coefficient (Wildman–Crippen LogP) is 2.07. The van der Waals surface area contributed by atoms with Crippen LogP contribution in [0.3, 0.4) is 0 Å². The van der Waals surface area contributed by atoms with E-state index in [1.807, 2.05) is 12.2 Å². The van der Waals surface area contributed by atoms with E-state index in [2.05, 4.69) is 15.9 Å². The van der Waals surface area contributed by atoms with Crippen LogP contribution in [-0.2, 0) is 9.47 Å². The molecule has 0 N–H and O–H groups in total. The van der Waals surface area contributed by atoms with Gasteiger partial charge in [0.05, 0.1) is 0 Å². The van der Waals surface area contributed by atoms with Gasteiger partial charge < -0.3 is 9.47 Å². The molecule has 0 aliphatic rings. The fourth-order valence-electron chi connectivity index (χ4n) is 0.450. The lowest BCUT2D eigenvalue weighted by Crippen LogP contribution is -2.08. The Morgan fingerprint density at radius 2 is 1.80 bits per heavy atom. The molecule has 0 spiro atoms. The zero-order valence-electron chi connectivity index (χ0n) is 6.08. The van der Waals surface area contributed by atoms with Crippen molar-refractivity contribution in [2.75, 3.05) is 14.2 Å². The Bertz CT molecular complexity index is 117. The average molecular weight is 207 g/mol. The highest BCUT2D eigenvalue weighted by atomic mass is 79.9. The Morgan fingerprint density at radius 1 is 1.20 bits per heavy atom. The topological polar surface area (TPSA) is 18.5 Å². The lowest BCUT2D eigenvalue weighted by molar-refractivity contribution is -0.0666. The number of hydrogen-bond donors (Lipinski definition) is 0. The number of rotatable bonds is 4. The summed E-state index contributed by atoms with van der Waals surface area (Å²) in [6, 6.07) is 0. The zero-order valence-corrected chi connectivity index (χ0v) is 7.67. The van der Waals surface area contributed by atoms with Crippen LogP contribution in [0, 0.1) is 0 Å². The van der Waals surface area contributed by atoms with Crippen molar-refractivity contribution in [1.29, 1.82) is 0 Å². The molecule has 0 aromatic carbocycles. The summed E-state index contributed by atoms with van der Waals surface area (Å²) < 4.78 is 9.78. The van der Waals surface area contributed by atoms with Crippen molar-refractivity contribution >= 4 is 15.9 Å². The fourth-order valence-corrected chi connectivity index (χ4v) is 0.626. The van der Waals surface area contributed by atoms with Crippen LogP contribution in [0.5, 0.6) is 0 Å². The van der Waals surface area contributed by atoms with Gasteiger partial charge in [0.1, 0.15) is 0 Å². The summed E-state index contributed by atoms with van der Waals surface area (Å²) in [5, 5.41) is 0. The number of hydrogen-bond acceptors (Lipinski definition) is 2. The molecule has 0 saturated carbocycles. The minimum absolute atomic E-state index is 0.247.